The van der Waals surface area contributed by atoms with E-state index in [4.69, 9.17) is 4.74 Å². The van der Waals surface area contributed by atoms with Gasteiger partial charge in [-0.2, -0.15) is 0 Å². The fourth-order valence-electron chi connectivity index (χ4n) is 4.42. The van der Waals surface area contributed by atoms with Crippen molar-refractivity contribution in [1.82, 2.24) is 10.6 Å². The lowest BCUT2D eigenvalue weighted by atomic mass is 10.0. The van der Waals surface area contributed by atoms with Gasteiger partial charge in [-0.25, -0.2) is 4.79 Å². The number of ether oxygens (including phenoxy) is 1. The summed E-state index contributed by atoms with van der Waals surface area (Å²) in [6.45, 7) is 2.84. The number of amides is 3. The first-order valence-electron chi connectivity index (χ1n) is 14.7. The summed E-state index contributed by atoms with van der Waals surface area (Å²) in [4.78, 5) is 24.3. The third-order valence-electron chi connectivity index (χ3n) is 6.73. The van der Waals surface area contributed by atoms with Crippen LogP contribution in [0.2, 0.25) is 0 Å². The number of phenols is 1. The smallest absolute Gasteiger partial charge is 0.321 e. The van der Waals surface area contributed by atoms with E-state index >= 15 is 0 Å². The predicted molar refractivity (Wildman–Crippen MR) is 155 cm³/mol. The third kappa shape index (κ3) is 14.7. The number of aromatic hydroxyl groups is 1. The second-order valence-electron chi connectivity index (χ2n) is 10.1. The Hall–Kier alpha value is -3.02. The van der Waals surface area contributed by atoms with Crippen LogP contribution < -0.4 is 15.4 Å². The summed E-state index contributed by atoms with van der Waals surface area (Å²) in [5.74, 6) is 0.844. The molecule has 3 N–H and O–H groups in total. The number of rotatable bonds is 20. The van der Waals surface area contributed by atoms with E-state index in [0.29, 0.717) is 23.6 Å². The zero-order valence-electron chi connectivity index (χ0n) is 23.3. The number of hydrogen-bond acceptors (Lipinski definition) is 4. The number of carbonyl (C=O) groups excluding carboxylic acids is 2. The van der Waals surface area contributed by atoms with E-state index in [9.17, 15) is 14.7 Å². The summed E-state index contributed by atoms with van der Waals surface area (Å²) < 4.78 is 5.67. The van der Waals surface area contributed by atoms with Crippen molar-refractivity contribution >= 4 is 11.9 Å². The van der Waals surface area contributed by atoms with E-state index < -0.39 is 11.9 Å². The highest BCUT2D eigenvalue weighted by Crippen LogP contribution is 2.23. The van der Waals surface area contributed by atoms with Crippen molar-refractivity contribution in [3.63, 3.8) is 0 Å². The molecule has 0 saturated carbocycles. The highest BCUT2D eigenvalue weighted by Gasteiger charge is 2.10. The molecule has 3 amide bonds. The Labute approximate surface area is 229 Å². The van der Waals surface area contributed by atoms with Gasteiger partial charge in [-0.3, -0.25) is 10.1 Å². The number of urea groups is 1. The molecule has 0 unspecified atom stereocenters. The van der Waals surface area contributed by atoms with Gasteiger partial charge < -0.3 is 15.2 Å². The normalized spacial score (nSPS) is 10.8. The van der Waals surface area contributed by atoms with E-state index in [-0.39, 0.29) is 5.75 Å². The molecule has 2 aromatic rings. The lowest BCUT2D eigenvalue weighted by Gasteiger charge is -2.08. The number of phenolic OH excluding ortho intramolecular Hbond substituents is 1. The number of imide groups is 1. The predicted octanol–water partition coefficient (Wildman–Crippen LogP) is 8.89. The second-order valence-corrected chi connectivity index (χ2v) is 10.1. The van der Waals surface area contributed by atoms with Gasteiger partial charge in [-0.1, -0.05) is 103 Å². The van der Waals surface area contributed by atoms with E-state index in [1.807, 2.05) is 0 Å². The summed E-state index contributed by atoms with van der Waals surface area (Å²) in [6, 6.07) is 12.4. The van der Waals surface area contributed by atoms with Gasteiger partial charge in [0.25, 0.3) is 5.91 Å². The fraction of sp³-hybridized carbons (Fsp3) is 0.562. The minimum absolute atomic E-state index is 0.164. The Morgan fingerprint density at radius 3 is 1.53 bits per heavy atom. The molecule has 0 radical (unpaired) electrons. The van der Waals surface area contributed by atoms with Gasteiger partial charge in [0.15, 0.2) is 0 Å². The second kappa shape index (κ2) is 20.0. The van der Waals surface area contributed by atoms with E-state index in [2.05, 4.69) is 17.6 Å². The molecule has 0 heterocycles. The molecule has 0 aliphatic carbocycles. The lowest BCUT2D eigenvalue weighted by Crippen LogP contribution is -2.39. The van der Waals surface area contributed by atoms with Crippen molar-refractivity contribution in [2.75, 3.05) is 6.54 Å². The SMILES string of the molecule is CCCCCCCCCCCCCCCCCCNC(=O)NC(=O)c1ccc(Oc2ccc(O)cc2)cc1. The molecule has 0 aliphatic rings. The Balaban J connectivity index is 1.42. The molecule has 0 spiro atoms. The summed E-state index contributed by atoms with van der Waals surface area (Å²) in [7, 11) is 0. The summed E-state index contributed by atoms with van der Waals surface area (Å²) in [5, 5.41) is 14.5. The molecule has 0 bridgehead atoms. The summed E-state index contributed by atoms with van der Waals surface area (Å²) in [6.07, 6.45) is 21.0. The third-order valence-corrected chi connectivity index (χ3v) is 6.73. The monoisotopic (exact) mass is 524 g/mol. The van der Waals surface area contributed by atoms with Crippen molar-refractivity contribution in [3.8, 4) is 17.2 Å². The molecule has 6 nitrogen and oxygen atoms in total. The number of carbonyl (C=O) groups is 2. The zero-order chi connectivity index (χ0) is 27.3. The first-order chi connectivity index (χ1) is 18.6. The van der Waals surface area contributed by atoms with Gasteiger partial charge in [0.2, 0.25) is 0 Å². The van der Waals surface area contributed by atoms with Crippen LogP contribution in [0.25, 0.3) is 0 Å². The molecular weight excluding hydrogens is 476 g/mol. The molecule has 2 rings (SSSR count). The minimum atomic E-state index is -0.472. The number of unbranched alkanes of at least 4 members (excludes halogenated alkanes) is 15. The van der Waals surface area contributed by atoms with Crippen molar-refractivity contribution in [2.24, 2.45) is 0 Å². The zero-order valence-corrected chi connectivity index (χ0v) is 23.3. The van der Waals surface area contributed by atoms with Gasteiger partial charge >= 0.3 is 6.03 Å². The van der Waals surface area contributed by atoms with Crippen molar-refractivity contribution in [3.05, 3.63) is 54.1 Å². The van der Waals surface area contributed by atoms with Crippen LogP contribution in [0.4, 0.5) is 4.79 Å². The molecule has 2 aromatic carbocycles. The minimum Gasteiger partial charge on any atom is -0.508 e. The molecule has 0 aliphatic heterocycles. The van der Waals surface area contributed by atoms with Crippen LogP contribution in [0.3, 0.4) is 0 Å². The topological polar surface area (TPSA) is 87.7 Å². The highest BCUT2D eigenvalue weighted by atomic mass is 16.5. The summed E-state index contributed by atoms with van der Waals surface area (Å²) >= 11 is 0. The van der Waals surface area contributed by atoms with Crippen LogP contribution >= 0.6 is 0 Å². The Morgan fingerprint density at radius 2 is 1.05 bits per heavy atom. The van der Waals surface area contributed by atoms with Gasteiger partial charge in [-0.15, -0.1) is 0 Å². The standard InChI is InChI=1S/C32H48N2O4/c1-2-3-4-5-6-7-8-9-10-11-12-13-14-15-16-17-26-33-32(37)34-31(36)27-18-22-29(23-19-27)38-30-24-20-28(35)21-25-30/h18-25,35H,2-17,26H2,1H3,(H2,33,34,36,37). The molecule has 0 aromatic heterocycles. The first-order valence-corrected chi connectivity index (χ1v) is 14.7. The Bertz CT molecular complexity index is 897. The highest BCUT2D eigenvalue weighted by molar-refractivity contribution is 6.04. The van der Waals surface area contributed by atoms with Crippen LogP contribution in [-0.4, -0.2) is 23.6 Å². The molecule has 0 fully saturated rings. The van der Waals surface area contributed by atoms with Gasteiger partial charge in [0.05, 0.1) is 0 Å². The van der Waals surface area contributed by atoms with Crippen molar-refractivity contribution in [1.29, 1.82) is 0 Å². The maximum atomic E-state index is 12.3. The largest absolute Gasteiger partial charge is 0.508 e. The maximum Gasteiger partial charge on any atom is 0.321 e. The summed E-state index contributed by atoms with van der Waals surface area (Å²) in [5.41, 5.74) is 0.376. The molecule has 6 heteroatoms. The van der Waals surface area contributed by atoms with E-state index in [1.165, 1.54) is 102 Å². The molecule has 0 atom stereocenters. The Kier molecular flexibility index (Phi) is 16.4. The van der Waals surface area contributed by atoms with Crippen molar-refractivity contribution in [2.45, 2.75) is 110 Å². The van der Waals surface area contributed by atoms with Gasteiger partial charge in [-0.05, 0) is 55.0 Å². The molecule has 38 heavy (non-hydrogen) atoms. The van der Waals surface area contributed by atoms with E-state index in [1.54, 1.807) is 36.4 Å². The molecule has 210 valence electrons. The van der Waals surface area contributed by atoms with Crippen LogP contribution in [0.5, 0.6) is 17.2 Å². The fourth-order valence-corrected chi connectivity index (χ4v) is 4.42. The quantitative estimate of drug-likeness (QED) is 0.151. The van der Waals surface area contributed by atoms with Crippen LogP contribution in [0, 0.1) is 0 Å². The van der Waals surface area contributed by atoms with Crippen LogP contribution in [0.1, 0.15) is 120 Å². The van der Waals surface area contributed by atoms with Crippen LogP contribution in [0.15, 0.2) is 48.5 Å². The van der Waals surface area contributed by atoms with Gasteiger partial charge in [0, 0.05) is 12.1 Å². The molecular formula is C32H48N2O4. The van der Waals surface area contributed by atoms with Gasteiger partial charge in [0.1, 0.15) is 17.2 Å². The van der Waals surface area contributed by atoms with Crippen LogP contribution in [-0.2, 0) is 0 Å². The number of hydrogen-bond donors (Lipinski definition) is 3. The van der Waals surface area contributed by atoms with Crippen molar-refractivity contribution < 1.29 is 19.4 Å². The number of nitrogens with one attached hydrogen (secondary N) is 2. The number of benzene rings is 2. The first kappa shape index (κ1) is 31.2. The molecule has 0 saturated heterocycles. The van der Waals surface area contributed by atoms with E-state index in [0.717, 1.165) is 12.8 Å². The average molecular weight is 525 g/mol. The lowest BCUT2D eigenvalue weighted by molar-refractivity contribution is 0.0964. The average Bonchev–Trinajstić information content (AvgIpc) is 2.92. The maximum absolute atomic E-state index is 12.3. The Morgan fingerprint density at radius 1 is 0.632 bits per heavy atom.